The SMILES string of the molecule is COc1cccc(OC)c1C(N)C1(CC(C)C)CCCC1. The molecule has 21 heavy (non-hydrogen) atoms. The number of benzene rings is 1. The molecule has 1 aromatic rings. The van der Waals surface area contributed by atoms with Crippen LogP contribution in [-0.4, -0.2) is 14.2 Å². The lowest BCUT2D eigenvalue weighted by molar-refractivity contribution is 0.178. The molecule has 0 heterocycles. The number of rotatable bonds is 6. The van der Waals surface area contributed by atoms with Gasteiger partial charge in [0.05, 0.1) is 19.8 Å². The van der Waals surface area contributed by atoms with Gasteiger partial charge < -0.3 is 15.2 Å². The fourth-order valence-electron chi connectivity index (χ4n) is 4.03. The third kappa shape index (κ3) is 3.18. The van der Waals surface area contributed by atoms with Crippen molar-refractivity contribution in [3.63, 3.8) is 0 Å². The van der Waals surface area contributed by atoms with Gasteiger partial charge in [-0.15, -0.1) is 0 Å². The molecule has 1 aromatic carbocycles. The van der Waals surface area contributed by atoms with E-state index in [2.05, 4.69) is 13.8 Å². The van der Waals surface area contributed by atoms with Gasteiger partial charge in [-0.1, -0.05) is 32.8 Å². The summed E-state index contributed by atoms with van der Waals surface area (Å²) >= 11 is 0. The van der Waals surface area contributed by atoms with Gasteiger partial charge in [0.1, 0.15) is 11.5 Å². The minimum absolute atomic E-state index is 0.0338. The zero-order chi connectivity index (χ0) is 15.5. The van der Waals surface area contributed by atoms with Gasteiger partial charge in [0, 0.05) is 6.04 Å². The maximum Gasteiger partial charge on any atom is 0.127 e. The molecular formula is C18H29NO2. The molecule has 0 saturated heterocycles. The Bertz CT molecular complexity index is 442. The highest BCUT2D eigenvalue weighted by Crippen LogP contribution is 2.53. The molecule has 2 N–H and O–H groups in total. The maximum absolute atomic E-state index is 6.78. The molecule has 0 spiro atoms. The Morgan fingerprint density at radius 2 is 1.62 bits per heavy atom. The summed E-state index contributed by atoms with van der Waals surface area (Å²) in [7, 11) is 3.41. The predicted molar refractivity (Wildman–Crippen MR) is 86.8 cm³/mol. The quantitative estimate of drug-likeness (QED) is 0.849. The predicted octanol–water partition coefficient (Wildman–Crippen LogP) is 4.31. The first kappa shape index (κ1) is 16.2. The van der Waals surface area contributed by atoms with Crippen LogP contribution in [0.15, 0.2) is 18.2 Å². The van der Waals surface area contributed by atoms with Crippen LogP contribution in [0.4, 0.5) is 0 Å². The molecule has 0 aromatic heterocycles. The summed E-state index contributed by atoms with van der Waals surface area (Å²) in [4.78, 5) is 0. The van der Waals surface area contributed by atoms with Crippen LogP contribution in [0.2, 0.25) is 0 Å². The van der Waals surface area contributed by atoms with Crippen LogP contribution in [0.5, 0.6) is 11.5 Å². The lowest BCUT2D eigenvalue weighted by atomic mass is 9.70. The summed E-state index contributed by atoms with van der Waals surface area (Å²) in [6, 6.07) is 5.89. The fourth-order valence-corrected chi connectivity index (χ4v) is 4.03. The topological polar surface area (TPSA) is 44.5 Å². The van der Waals surface area contributed by atoms with E-state index in [1.807, 2.05) is 18.2 Å². The van der Waals surface area contributed by atoms with E-state index in [4.69, 9.17) is 15.2 Å². The summed E-state index contributed by atoms with van der Waals surface area (Å²) < 4.78 is 11.1. The Morgan fingerprint density at radius 3 is 2.05 bits per heavy atom. The van der Waals surface area contributed by atoms with Gasteiger partial charge in [-0.05, 0) is 42.7 Å². The molecule has 1 fully saturated rings. The van der Waals surface area contributed by atoms with Crippen molar-refractivity contribution in [2.75, 3.05) is 14.2 Å². The van der Waals surface area contributed by atoms with Gasteiger partial charge in [0.25, 0.3) is 0 Å². The maximum atomic E-state index is 6.78. The van der Waals surface area contributed by atoms with Crippen molar-refractivity contribution in [2.45, 2.75) is 52.0 Å². The normalized spacial score (nSPS) is 18.8. The van der Waals surface area contributed by atoms with E-state index in [0.29, 0.717) is 5.92 Å². The molecule has 0 radical (unpaired) electrons. The first-order valence-electron chi connectivity index (χ1n) is 8.00. The molecule has 1 aliphatic rings. The summed E-state index contributed by atoms with van der Waals surface area (Å²) in [5.41, 5.74) is 7.99. The smallest absolute Gasteiger partial charge is 0.127 e. The number of hydrogen-bond acceptors (Lipinski definition) is 3. The van der Waals surface area contributed by atoms with Crippen molar-refractivity contribution < 1.29 is 9.47 Å². The van der Waals surface area contributed by atoms with Crippen LogP contribution in [0.3, 0.4) is 0 Å². The average molecular weight is 291 g/mol. The summed E-state index contributed by atoms with van der Waals surface area (Å²) in [6.07, 6.45) is 6.12. The molecular weight excluding hydrogens is 262 g/mol. The Hall–Kier alpha value is -1.22. The van der Waals surface area contributed by atoms with Crippen LogP contribution in [0, 0.1) is 11.3 Å². The number of ether oxygens (including phenoxy) is 2. The second-order valence-corrected chi connectivity index (χ2v) is 6.72. The van der Waals surface area contributed by atoms with Crippen molar-refractivity contribution in [1.29, 1.82) is 0 Å². The van der Waals surface area contributed by atoms with Crippen molar-refractivity contribution in [1.82, 2.24) is 0 Å². The highest BCUT2D eigenvalue weighted by Gasteiger charge is 2.42. The highest BCUT2D eigenvalue weighted by atomic mass is 16.5. The van der Waals surface area contributed by atoms with Gasteiger partial charge >= 0.3 is 0 Å². The number of hydrogen-bond donors (Lipinski definition) is 1. The Labute approximate surface area is 128 Å². The van der Waals surface area contributed by atoms with E-state index in [9.17, 15) is 0 Å². The minimum Gasteiger partial charge on any atom is -0.496 e. The lowest BCUT2D eigenvalue weighted by Crippen LogP contribution is -2.34. The van der Waals surface area contributed by atoms with Crippen LogP contribution in [-0.2, 0) is 0 Å². The van der Waals surface area contributed by atoms with Crippen LogP contribution < -0.4 is 15.2 Å². The largest absolute Gasteiger partial charge is 0.496 e. The van der Waals surface area contributed by atoms with Crippen molar-refractivity contribution in [2.24, 2.45) is 17.1 Å². The van der Waals surface area contributed by atoms with E-state index >= 15 is 0 Å². The summed E-state index contributed by atoms with van der Waals surface area (Å²) in [5.74, 6) is 2.34. The molecule has 1 saturated carbocycles. The molecule has 0 aliphatic heterocycles. The first-order valence-corrected chi connectivity index (χ1v) is 8.00. The van der Waals surface area contributed by atoms with Gasteiger partial charge in [0.15, 0.2) is 0 Å². The first-order chi connectivity index (χ1) is 10.0. The Morgan fingerprint density at radius 1 is 1.10 bits per heavy atom. The molecule has 118 valence electrons. The summed E-state index contributed by atoms with van der Waals surface area (Å²) in [5, 5.41) is 0. The third-order valence-corrected chi connectivity index (χ3v) is 4.85. The molecule has 0 amide bonds. The van der Waals surface area contributed by atoms with E-state index in [1.165, 1.54) is 25.7 Å². The Balaban J connectivity index is 2.43. The van der Waals surface area contributed by atoms with Crippen molar-refractivity contribution in [3.05, 3.63) is 23.8 Å². The minimum atomic E-state index is -0.0338. The molecule has 2 rings (SSSR count). The van der Waals surface area contributed by atoms with Crippen LogP contribution in [0.25, 0.3) is 0 Å². The van der Waals surface area contributed by atoms with Crippen molar-refractivity contribution in [3.8, 4) is 11.5 Å². The van der Waals surface area contributed by atoms with E-state index in [1.54, 1.807) is 14.2 Å². The standard InChI is InChI=1S/C18H29NO2/c1-13(2)12-18(10-5-6-11-18)17(19)16-14(20-3)8-7-9-15(16)21-4/h7-9,13,17H,5-6,10-12,19H2,1-4H3. The second-order valence-electron chi connectivity index (χ2n) is 6.72. The number of methoxy groups -OCH3 is 2. The van der Waals surface area contributed by atoms with Gasteiger partial charge in [-0.3, -0.25) is 0 Å². The van der Waals surface area contributed by atoms with Gasteiger partial charge in [-0.2, -0.15) is 0 Å². The number of nitrogens with two attached hydrogens (primary N) is 1. The molecule has 1 atom stereocenters. The highest BCUT2D eigenvalue weighted by molar-refractivity contribution is 5.47. The molecule has 3 heteroatoms. The van der Waals surface area contributed by atoms with E-state index in [-0.39, 0.29) is 11.5 Å². The van der Waals surface area contributed by atoms with Crippen LogP contribution in [0.1, 0.15) is 57.6 Å². The van der Waals surface area contributed by atoms with E-state index < -0.39 is 0 Å². The van der Waals surface area contributed by atoms with Gasteiger partial charge in [-0.25, -0.2) is 0 Å². The third-order valence-electron chi connectivity index (χ3n) is 4.85. The van der Waals surface area contributed by atoms with Gasteiger partial charge in [0.2, 0.25) is 0 Å². The zero-order valence-electron chi connectivity index (χ0n) is 13.8. The van der Waals surface area contributed by atoms with Crippen molar-refractivity contribution >= 4 is 0 Å². The molecule has 3 nitrogen and oxygen atoms in total. The molecule has 1 aliphatic carbocycles. The second kappa shape index (κ2) is 6.69. The summed E-state index contributed by atoms with van der Waals surface area (Å²) in [6.45, 7) is 4.57. The van der Waals surface area contributed by atoms with Crippen LogP contribution >= 0.6 is 0 Å². The average Bonchev–Trinajstić information content (AvgIpc) is 2.94. The molecule has 1 unspecified atom stereocenters. The Kier molecular flexibility index (Phi) is 5.15. The monoisotopic (exact) mass is 291 g/mol. The fraction of sp³-hybridized carbons (Fsp3) is 0.667. The molecule has 0 bridgehead atoms. The lowest BCUT2D eigenvalue weighted by Gasteiger charge is -2.38. The zero-order valence-corrected chi connectivity index (χ0v) is 13.8. The van der Waals surface area contributed by atoms with E-state index in [0.717, 1.165) is 23.5 Å².